The monoisotopic (exact) mass is 450 g/mol. The second-order valence-corrected chi connectivity index (χ2v) is 13.0. The zero-order chi connectivity index (χ0) is 18.6. The molecule has 0 radical (unpaired) electrons. The van der Waals surface area contributed by atoms with E-state index in [-0.39, 0.29) is 17.0 Å². The van der Waals surface area contributed by atoms with Gasteiger partial charge in [0, 0.05) is 7.26 Å². The Bertz CT molecular complexity index is 228. The lowest BCUT2D eigenvalue weighted by Gasteiger charge is -2.28. The van der Waals surface area contributed by atoms with Crippen molar-refractivity contribution < 1.29 is 17.0 Å². The minimum atomic E-state index is -0.647. The van der Waals surface area contributed by atoms with Gasteiger partial charge >= 0.3 is 0 Å². The van der Waals surface area contributed by atoms with Gasteiger partial charge in [0.15, 0.2) is 0 Å². The van der Waals surface area contributed by atoms with Crippen LogP contribution in [0.25, 0.3) is 0 Å². The minimum absolute atomic E-state index is 0. The summed E-state index contributed by atoms with van der Waals surface area (Å²) in [6, 6.07) is 0. The maximum absolute atomic E-state index is 2.37. The first kappa shape index (κ1) is 29.1. The molecule has 0 aromatic rings. The molecule has 0 unspecified atom stereocenters. The molecular weight excluding hydrogens is 399 g/mol. The third-order valence-corrected chi connectivity index (χ3v) is 11.0. The van der Waals surface area contributed by atoms with Crippen LogP contribution in [0.2, 0.25) is 0 Å². The summed E-state index contributed by atoms with van der Waals surface area (Å²) >= 11 is 0. The molecule has 0 N–H and O–H groups in total. The van der Waals surface area contributed by atoms with Crippen molar-refractivity contribution >= 4 is 7.26 Å². The Morgan fingerprint density at radius 1 is 0.346 bits per heavy atom. The first-order valence-electron chi connectivity index (χ1n) is 12.1. The molecule has 0 bridgehead atoms. The summed E-state index contributed by atoms with van der Waals surface area (Å²) in [6.07, 6.45) is 30.0. The second kappa shape index (κ2) is 22.2. The molecule has 0 saturated carbocycles. The predicted molar refractivity (Wildman–Crippen MR) is 123 cm³/mol. The minimum Gasteiger partial charge on any atom is -1.00 e. The molecule has 0 amide bonds. The lowest BCUT2D eigenvalue weighted by atomic mass is 10.1. The topological polar surface area (TPSA) is 0 Å². The fraction of sp³-hybridized carbons (Fsp3) is 1.00. The number of halogens is 1. The van der Waals surface area contributed by atoms with Crippen molar-refractivity contribution in [3.8, 4) is 0 Å². The Balaban J connectivity index is 0. The lowest BCUT2D eigenvalue weighted by Crippen LogP contribution is -3.00. The van der Waals surface area contributed by atoms with Gasteiger partial charge < -0.3 is 17.0 Å². The SMILES string of the molecule is CCCCCCCCC[P+](CCCCC)(CCCCC)CCCCC.[Br-]. The Morgan fingerprint density at radius 2 is 0.577 bits per heavy atom. The van der Waals surface area contributed by atoms with E-state index in [1.807, 2.05) is 0 Å². The van der Waals surface area contributed by atoms with Gasteiger partial charge in [0.05, 0.1) is 24.6 Å². The van der Waals surface area contributed by atoms with Gasteiger partial charge in [-0.05, 0) is 32.1 Å². The van der Waals surface area contributed by atoms with Gasteiger partial charge in [-0.3, -0.25) is 0 Å². The second-order valence-electron chi connectivity index (χ2n) is 8.48. The van der Waals surface area contributed by atoms with E-state index in [1.165, 1.54) is 96.3 Å². The van der Waals surface area contributed by atoms with E-state index in [0.29, 0.717) is 0 Å². The molecule has 160 valence electrons. The number of unbranched alkanes of at least 4 members (excludes halogenated alkanes) is 12. The molecule has 0 aliphatic carbocycles. The number of hydrogen-bond acceptors (Lipinski definition) is 0. The summed E-state index contributed by atoms with van der Waals surface area (Å²) in [5.41, 5.74) is 0. The van der Waals surface area contributed by atoms with E-state index in [4.69, 9.17) is 0 Å². The highest BCUT2D eigenvalue weighted by atomic mass is 79.9. The average Bonchev–Trinajstić information content (AvgIpc) is 2.61. The van der Waals surface area contributed by atoms with Gasteiger partial charge in [-0.25, -0.2) is 0 Å². The van der Waals surface area contributed by atoms with Gasteiger partial charge in [0.1, 0.15) is 0 Å². The van der Waals surface area contributed by atoms with Crippen molar-refractivity contribution in [3.63, 3.8) is 0 Å². The molecule has 0 aromatic carbocycles. The fourth-order valence-electron chi connectivity index (χ4n) is 4.17. The molecule has 0 spiro atoms. The Kier molecular flexibility index (Phi) is 24.9. The van der Waals surface area contributed by atoms with Gasteiger partial charge in [0.2, 0.25) is 0 Å². The highest BCUT2D eigenvalue weighted by Gasteiger charge is 2.34. The number of rotatable bonds is 20. The van der Waals surface area contributed by atoms with E-state index in [0.717, 1.165) is 0 Å². The molecule has 0 fully saturated rings. The Labute approximate surface area is 179 Å². The van der Waals surface area contributed by atoms with E-state index in [1.54, 1.807) is 31.1 Å². The molecule has 0 aliphatic heterocycles. The van der Waals surface area contributed by atoms with Crippen LogP contribution in [0.4, 0.5) is 0 Å². The van der Waals surface area contributed by atoms with Crippen LogP contribution in [0.5, 0.6) is 0 Å². The molecule has 26 heavy (non-hydrogen) atoms. The van der Waals surface area contributed by atoms with Crippen molar-refractivity contribution in [2.24, 2.45) is 0 Å². The molecule has 0 saturated heterocycles. The maximum atomic E-state index is 2.37. The van der Waals surface area contributed by atoms with Crippen molar-refractivity contribution in [3.05, 3.63) is 0 Å². The highest BCUT2D eigenvalue weighted by molar-refractivity contribution is 7.75. The van der Waals surface area contributed by atoms with Crippen LogP contribution in [-0.2, 0) is 0 Å². The van der Waals surface area contributed by atoms with E-state index in [9.17, 15) is 0 Å². The largest absolute Gasteiger partial charge is 1.00 e. The summed E-state index contributed by atoms with van der Waals surface area (Å²) < 4.78 is 0. The third kappa shape index (κ3) is 17.0. The third-order valence-electron chi connectivity index (χ3n) is 5.94. The van der Waals surface area contributed by atoms with Crippen LogP contribution >= 0.6 is 7.26 Å². The van der Waals surface area contributed by atoms with Crippen molar-refractivity contribution in [1.29, 1.82) is 0 Å². The van der Waals surface area contributed by atoms with Gasteiger partial charge in [-0.2, -0.15) is 0 Å². The zero-order valence-corrected chi connectivity index (χ0v) is 21.4. The molecule has 2 heteroatoms. The number of hydrogen-bond donors (Lipinski definition) is 0. The van der Waals surface area contributed by atoms with Gasteiger partial charge in [-0.1, -0.05) is 98.3 Å². The molecular formula is C24H52BrP. The van der Waals surface area contributed by atoms with Gasteiger partial charge in [0.25, 0.3) is 0 Å². The normalized spacial score (nSPS) is 11.5. The van der Waals surface area contributed by atoms with Crippen LogP contribution in [0, 0.1) is 0 Å². The first-order chi connectivity index (χ1) is 12.2. The molecule has 0 heterocycles. The molecule has 0 atom stereocenters. The predicted octanol–water partition coefficient (Wildman–Crippen LogP) is 6.33. The zero-order valence-electron chi connectivity index (χ0n) is 19.0. The van der Waals surface area contributed by atoms with E-state index < -0.39 is 7.26 Å². The smallest absolute Gasteiger partial charge is 0.0594 e. The van der Waals surface area contributed by atoms with Crippen LogP contribution in [-0.4, -0.2) is 24.6 Å². The summed E-state index contributed by atoms with van der Waals surface area (Å²) in [7, 11) is -0.647. The maximum Gasteiger partial charge on any atom is 0.0594 e. The summed E-state index contributed by atoms with van der Waals surface area (Å²) in [5, 5.41) is 0. The molecule has 0 nitrogen and oxygen atoms in total. The molecule has 0 aliphatic rings. The fourth-order valence-corrected chi connectivity index (χ4v) is 9.09. The van der Waals surface area contributed by atoms with Crippen LogP contribution < -0.4 is 17.0 Å². The quantitative estimate of drug-likeness (QED) is 0.150. The average molecular weight is 452 g/mol. The Hall–Kier alpha value is 0.910. The summed E-state index contributed by atoms with van der Waals surface area (Å²) in [6.45, 7) is 9.42. The lowest BCUT2D eigenvalue weighted by molar-refractivity contribution is -0.00000580. The first-order valence-corrected chi connectivity index (χ1v) is 14.6. The van der Waals surface area contributed by atoms with Crippen LogP contribution in [0.15, 0.2) is 0 Å². The summed E-state index contributed by atoms with van der Waals surface area (Å²) in [4.78, 5) is 0. The van der Waals surface area contributed by atoms with E-state index >= 15 is 0 Å². The van der Waals surface area contributed by atoms with Gasteiger partial charge in [-0.15, -0.1) is 0 Å². The molecule has 0 rings (SSSR count). The van der Waals surface area contributed by atoms with Crippen molar-refractivity contribution in [2.45, 2.75) is 130 Å². The molecule has 0 aromatic heterocycles. The van der Waals surface area contributed by atoms with Crippen molar-refractivity contribution in [2.75, 3.05) is 24.6 Å². The Morgan fingerprint density at radius 3 is 0.923 bits per heavy atom. The van der Waals surface area contributed by atoms with E-state index in [2.05, 4.69) is 27.7 Å². The highest BCUT2D eigenvalue weighted by Crippen LogP contribution is 2.61. The van der Waals surface area contributed by atoms with Crippen LogP contribution in [0.1, 0.15) is 130 Å². The standard InChI is InChI=1S/C24H52P.BrH/c1-5-9-13-14-15-16-20-24-25(21-17-10-6-2,22-18-11-7-3)23-19-12-8-4;/h5-24H2,1-4H3;1H/q+1;/p-1. The van der Waals surface area contributed by atoms with Crippen molar-refractivity contribution in [1.82, 2.24) is 0 Å². The van der Waals surface area contributed by atoms with Crippen LogP contribution in [0.3, 0.4) is 0 Å². The summed E-state index contributed by atoms with van der Waals surface area (Å²) in [5.74, 6) is 0.